The highest BCUT2D eigenvalue weighted by atomic mass is 32.2. The third kappa shape index (κ3) is 7.08. The van der Waals surface area contributed by atoms with Gasteiger partial charge in [-0.05, 0) is 63.9 Å². The summed E-state index contributed by atoms with van der Waals surface area (Å²) in [6.07, 6.45) is 4.18. The lowest BCUT2D eigenvalue weighted by atomic mass is 10.1. The predicted molar refractivity (Wildman–Crippen MR) is 141 cm³/mol. The van der Waals surface area contributed by atoms with Gasteiger partial charge in [-0.15, -0.1) is 0 Å². The van der Waals surface area contributed by atoms with Crippen molar-refractivity contribution in [3.05, 3.63) is 35.2 Å². The van der Waals surface area contributed by atoms with E-state index in [4.69, 9.17) is 10.5 Å². The highest BCUT2D eigenvalue weighted by Crippen LogP contribution is 2.27. The highest BCUT2D eigenvalue weighted by Gasteiger charge is 2.26. The summed E-state index contributed by atoms with van der Waals surface area (Å²) in [7, 11) is -2.33. The second-order valence-corrected chi connectivity index (χ2v) is 11.1. The van der Waals surface area contributed by atoms with Crippen LogP contribution in [-0.4, -0.2) is 67.2 Å². The molecule has 1 atom stereocenters. The molecule has 0 aliphatic carbocycles. The van der Waals surface area contributed by atoms with Crippen molar-refractivity contribution < 1.29 is 22.7 Å². The fourth-order valence-corrected chi connectivity index (χ4v) is 5.76. The Hall–Kier alpha value is -2.96. The zero-order valence-corrected chi connectivity index (χ0v) is 22.9. The van der Waals surface area contributed by atoms with Crippen LogP contribution in [0.1, 0.15) is 73.0 Å². The first-order chi connectivity index (χ1) is 17.6. The molecule has 37 heavy (non-hydrogen) atoms. The van der Waals surface area contributed by atoms with Gasteiger partial charge in [0.1, 0.15) is 11.4 Å². The number of aryl methyl sites for hydroxylation is 2. The Morgan fingerprint density at radius 3 is 2.51 bits per heavy atom. The van der Waals surface area contributed by atoms with Crippen LogP contribution < -0.4 is 20.5 Å². The van der Waals surface area contributed by atoms with E-state index in [9.17, 15) is 18.0 Å². The van der Waals surface area contributed by atoms with Gasteiger partial charge in [-0.3, -0.25) is 14.3 Å². The van der Waals surface area contributed by atoms with Crippen LogP contribution in [0.4, 0.5) is 5.69 Å². The molecule has 11 nitrogen and oxygen atoms in total. The van der Waals surface area contributed by atoms with Crippen molar-refractivity contribution >= 4 is 27.5 Å². The Kier molecular flexibility index (Phi) is 9.68. The monoisotopic (exact) mass is 534 g/mol. The van der Waals surface area contributed by atoms with Gasteiger partial charge in [-0.2, -0.15) is 5.10 Å². The largest absolute Gasteiger partial charge is 0.493 e. The molecule has 1 aliphatic rings. The fourth-order valence-electron chi connectivity index (χ4n) is 4.50. The van der Waals surface area contributed by atoms with Gasteiger partial charge in [0.15, 0.2) is 0 Å². The van der Waals surface area contributed by atoms with Crippen LogP contribution in [-0.2, 0) is 23.5 Å². The zero-order valence-electron chi connectivity index (χ0n) is 22.0. The summed E-state index contributed by atoms with van der Waals surface area (Å²) in [4.78, 5) is 27.7. The number of nitrogens with zero attached hydrogens (tertiary/aromatic N) is 3. The van der Waals surface area contributed by atoms with Crippen LogP contribution in [0.3, 0.4) is 0 Å². The summed E-state index contributed by atoms with van der Waals surface area (Å²) >= 11 is 0. The molecular weight excluding hydrogens is 496 g/mol. The number of carbonyl (C=O) groups excluding carboxylic acids is 2. The van der Waals surface area contributed by atoms with E-state index in [1.807, 2.05) is 20.8 Å². The number of aromatic nitrogens is 2. The third-order valence-electron chi connectivity index (χ3n) is 6.13. The van der Waals surface area contributed by atoms with E-state index in [-0.39, 0.29) is 33.6 Å². The first-order valence-corrected chi connectivity index (χ1v) is 14.2. The number of nitrogens with two attached hydrogens (primary N) is 1. The van der Waals surface area contributed by atoms with E-state index in [1.54, 1.807) is 7.05 Å². The van der Waals surface area contributed by atoms with E-state index in [0.717, 1.165) is 32.4 Å². The van der Waals surface area contributed by atoms with Crippen LogP contribution in [0, 0.1) is 0 Å². The highest BCUT2D eigenvalue weighted by molar-refractivity contribution is 7.89. The quantitative estimate of drug-likeness (QED) is 0.357. The lowest BCUT2D eigenvalue weighted by molar-refractivity contribution is 0.0992. The molecule has 204 valence electrons. The number of hydrogen-bond donors (Lipinski definition) is 3. The molecule has 0 saturated carbocycles. The molecule has 3 rings (SSSR count). The smallest absolute Gasteiger partial charge is 0.269 e. The van der Waals surface area contributed by atoms with Crippen LogP contribution in [0.2, 0.25) is 0 Å². The average Bonchev–Trinajstić information content (AvgIpc) is 3.44. The number of ether oxygens (including phenoxy) is 1. The van der Waals surface area contributed by atoms with E-state index in [0.29, 0.717) is 31.7 Å². The van der Waals surface area contributed by atoms with Crippen LogP contribution >= 0.6 is 0 Å². The lowest BCUT2D eigenvalue weighted by Gasteiger charge is -2.21. The molecular formula is C25H38N6O5S. The summed E-state index contributed by atoms with van der Waals surface area (Å²) in [6, 6.07) is 3.90. The van der Waals surface area contributed by atoms with Crippen molar-refractivity contribution in [1.29, 1.82) is 0 Å². The second kappa shape index (κ2) is 12.5. The van der Waals surface area contributed by atoms with Gasteiger partial charge in [0, 0.05) is 19.6 Å². The normalized spacial score (nSPS) is 15.0. The van der Waals surface area contributed by atoms with Gasteiger partial charge in [0.2, 0.25) is 10.0 Å². The SMILES string of the molecule is CCCOc1ccc(S(=O)(=O)NC(C)CN2CCCC2)cc1C(=O)Nc1c(CCC)nn(C)c1C(N)=O. The summed E-state index contributed by atoms with van der Waals surface area (Å²) in [5, 5.41) is 7.07. The van der Waals surface area contributed by atoms with Gasteiger partial charge in [-0.25, -0.2) is 13.1 Å². The van der Waals surface area contributed by atoms with Gasteiger partial charge < -0.3 is 20.7 Å². The minimum atomic E-state index is -3.90. The van der Waals surface area contributed by atoms with E-state index in [1.165, 1.54) is 22.9 Å². The number of rotatable bonds is 13. The molecule has 1 saturated heterocycles. The zero-order chi connectivity index (χ0) is 27.2. The van der Waals surface area contributed by atoms with Crippen LogP contribution in [0.5, 0.6) is 5.75 Å². The fraction of sp³-hybridized carbons (Fsp3) is 0.560. The Balaban J connectivity index is 1.92. The number of carbonyl (C=O) groups is 2. The van der Waals surface area contributed by atoms with Crippen molar-refractivity contribution in [1.82, 2.24) is 19.4 Å². The molecule has 1 aromatic carbocycles. The molecule has 0 spiro atoms. The van der Waals surface area contributed by atoms with Gasteiger partial charge in [0.05, 0.1) is 28.4 Å². The maximum atomic E-state index is 13.5. The Morgan fingerprint density at radius 2 is 1.89 bits per heavy atom. The van der Waals surface area contributed by atoms with Crippen molar-refractivity contribution in [3.63, 3.8) is 0 Å². The predicted octanol–water partition coefficient (Wildman–Crippen LogP) is 2.28. The van der Waals surface area contributed by atoms with Gasteiger partial charge >= 0.3 is 0 Å². The molecule has 2 aromatic rings. The van der Waals surface area contributed by atoms with Crippen molar-refractivity contribution in [3.8, 4) is 5.75 Å². The van der Waals surface area contributed by atoms with E-state index in [2.05, 4.69) is 20.0 Å². The number of primary amides is 1. The number of nitrogens with one attached hydrogen (secondary N) is 2. The second-order valence-electron chi connectivity index (χ2n) is 9.40. The summed E-state index contributed by atoms with van der Waals surface area (Å²) in [6.45, 7) is 8.58. The topological polar surface area (TPSA) is 149 Å². The van der Waals surface area contributed by atoms with E-state index >= 15 is 0 Å². The first-order valence-electron chi connectivity index (χ1n) is 12.8. The maximum absolute atomic E-state index is 13.5. The number of likely N-dealkylation sites (tertiary alicyclic amines) is 1. The molecule has 1 unspecified atom stereocenters. The first kappa shape index (κ1) is 28.6. The number of anilines is 1. The van der Waals surface area contributed by atoms with Crippen molar-refractivity contribution in [2.75, 3.05) is 31.6 Å². The number of sulfonamides is 1. The molecule has 12 heteroatoms. The average molecular weight is 535 g/mol. The molecule has 2 amide bonds. The number of amides is 2. The molecule has 2 heterocycles. The molecule has 4 N–H and O–H groups in total. The molecule has 1 fully saturated rings. The van der Waals surface area contributed by atoms with Gasteiger partial charge in [0.25, 0.3) is 11.8 Å². The summed E-state index contributed by atoms with van der Waals surface area (Å²) in [5.74, 6) is -1.12. The third-order valence-corrected chi connectivity index (χ3v) is 7.72. The van der Waals surface area contributed by atoms with Crippen LogP contribution in [0.25, 0.3) is 0 Å². The van der Waals surface area contributed by atoms with Crippen LogP contribution in [0.15, 0.2) is 23.1 Å². The molecule has 1 aliphatic heterocycles. The molecule has 0 radical (unpaired) electrons. The minimum absolute atomic E-state index is 0.0326. The molecule has 1 aromatic heterocycles. The maximum Gasteiger partial charge on any atom is 0.269 e. The Bertz CT molecular complexity index is 1220. The Labute approximate surface area is 218 Å². The number of benzene rings is 1. The number of hydrogen-bond acceptors (Lipinski definition) is 7. The lowest BCUT2D eigenvalue weighted by Crippen LogP contribution is -2.41. The summed E-state index contributed by atoms with van der Waals surface area (Å²) in [5.41, 5.74) is 6.39. The van der Waals surface area contributed by atoms with Crippen molar-refractivity contribution in [2.24, 2.45) is 12.8 Å². The van der Waals surface area contributed by atoms with Crippen molar-refractivity contribution in [2.45, 2.75) is 63.8 Å². The standard InChI is InChI=1S/C25H38N6O5S/c1-5-9-20-22(23(24(26)32)30(4)28-20)27-25(33)19-15-18(10-11-21(19)36-14-6-2)37(34,35)29-17(3)16-31-12-7-8-13-31/h10-11,15,17,29H,5-9,12-14,16H2,1-4H3,(H2,26,32)(H,27,33). The van der Waals surface area contributed by atoms with E-state index < -0.39 is 21.8 Å². The summed E-state index contributed by atoms with van der Waals surface area (Å²) < 4.78 is 36.2. The minimum Gasteiger partial charge on any atom is -0.493 e. The van der Waals surface area contributed by atoms with Gasteiger partial charge in [-0.1, -0.05) is 20.3 Å². The Morgan fingerprint density at radius 1 is 1.19 bits per heavy atom. The molecule has 0 bridgehead atoms.